The summed E-state index contributed by atoms with van der Waals surface area (Å²) in [5.41, 5.74) is 1.09. The predicted molar refractivity (Wildman–Crippen MR) is 67.6 cm³/mol. The van der Waals surface area contributed by atoms with Gasteiger partial charge in [0.05, 0.1) is 6.61 Å². The van der Waals surface area contributed by atoms with E-state index in [1.165, 1.54) is 12.1 Å². The molecule has 18 heavy (non-hydrogen) atoms. The van der Waals surface area contributed by atoms with Gasteiger partial charge in [0.15, 0.2) is 0 Å². The summed E-state index contributed by atoms with van der Waals surface area (Å²) in [6, 6.07) is 4.56. The summed E-state index contributed by atoms with van der Waals surface area (Å²) >= 11 is 0. The van der Waals surface area contributed by atoms with E-state index in [9.17, 15) is 9.18 Å². The Bertz CT molecular complexity index is 427. The molecule has 0 aliphatic carbocycles. The molecule has 0 radical (unpaired) electrons. The van der Waals surface area contributed by atoms with E-state index in [2.05, 4.69) is 6.92 Å². The van der Waals surface area contributed by atoms with E-state index >= 15 is 0 Å². The fourth-order valence-electron chi connectivity index (χ4n) is 1.41. The highest BCUT2D eigenvalue weighted by atomic mass is 19.1. The van der Waals surface area contributed by atoms with Gasteiger partial charge in [-0.25, -0.2) is 9.18 Å². The van der Waals surface area contributed by atoms with E-state index in [1.807, 2.05) is 0 Å². The lowest BCUT2D eigenvalue weighted by Crippen LogP contribution is -1.96. The van der Waals surface area contributed by atoms with Crippen molar-refractivity contribution in [1.82, 2.24) is 0 Å². The summed E-state index contributed by atoms with van der Waals surface area (Å²) < 4.78 is 18.8. The van der Waals surface area contributed by atoms with Gasteiger partial charge in [0.1, 0.15) is 5.82 Å². The van der Waals surface area contributed by atoms with Crippen LogP contribution in [0.25, 0.3) is 6.08 Å². The van der Waals surface area contributed by atoms with Crippen LogP contribution in [0.4, 0.5) is 4.39 Å². The number of carboxylic acids is 1. The van der Waals surface area contributed by atoms with E-state index in [-0.39, 0.29) is 5.56 Å². The highest BCUT2D eigenvalue weighted by Crippen LogP contribution is 2.13. The van der Waals surface area contributed by atoms with Gasteiger partial charge in [-0.1, -0.05) is 19.4 Å². The van der Waals surface area contributed by atoms with Crippen molar-refractivity contribution >= 4 is 12.0 Å². The molecular weight excluding hydrogens is 235 g/mol. The Morgan fingerprint density at radius 1 is 1.50 bits per heavy atom. The quantitative estimate of drug-likeness (QED) is 0.598. The number of halogens is 1. The van der Waals surface area contributed by atoms with Crippen molar-refractivity contribution in [2.24, 2.45) is 0 Å². The number of aliphatic carboxylic acids is 1. The first kappa shape index (κ1) is 14.4. The van der Waals surface area contributed by atoms with Crippen molar-refractivity contribution in [3.8, 4) is 0 Å². The van der Waals surface area contributed by atoms with Crippen molar-refractivity contribution < 1.29 is 19.0 Å². The van der Waals surface area contributed by atoms with Crippen molar-refractivity contribution in [2.75, 3.05) is 6.61 Å². The number of hydrogen-bond acceptors (Lipinski definition) is 2. The summed E-state index contributed by atoms with van der Waals surface area (Å²) in [6.45, 7) is 3.17. The molecular formula is C14H17FO3. The van der Waals surface area contributed by atoms with Crippen LogP contribution in [0.5, 0.6) is 0 Å². The third-order valence-corrected chi connectivity index (χ3v) is 2.38. The monoisotopic (exact) mass is 252 g/mol. The second-order valence-corrected chi connectivity index (χ2v) is 3.93. The largest absolute Gasteiger partial charge is 0.478 e. The van der Waals surface area contributed by atoms with Crippen LogP contribution in [0.2, 0.25) is 0 Å². The lowest BCUT2D eigenvalue weighted by Gasteiger charge is -2.05. The van der Waals surface area contributed by atoms with E-state index in [0.29, 0.717) is 13.2 Å². The maximum atomic E-state index is 13.4. The molecule has 0 aromatic heterocycles. The first-order valence-electron chi connectivity index (χ1n) is 5.90. The second kappa shape index (κ2) is 7.61. The normalized spacial score (nSPS) is 11.0. The molecule has 0 heterocycles. The third kappa shape index (κ3) is 5.10. The van der Waals surface area contributed by atoms with Gasteiger partial charge in [0, 0.05) is 18.2 Å². The molecule has 4 heteroatoms. The number of unbranched alkanes of at least 4 members (excludes halogenated alkanes) is 1. The first-order valence-corrected chi connectivity index (χ1v) is 5.90. The van der Waals surface area contributed by atoms with Crippen molar-refractivity contribution in [1.29, 1.82) is 0 Å². The van der Waals surface area contributed by atoms with Gasteiger partial charge in [-0.05, 0) is 30.2 Å². The Kier molecular flexibility index (Phi) is 6.08. The van der Waals surface area contributed by atoms with Crippen LogP contribution in [-0.2, 0) is 16.1 Å². The molecule has 1 rings (SSSR count). The highest BCUT2D eigenvalue weighted by molar-refractivity contribution is 5.85. The summed E-state index contributed by atoms with van der Waals surface area (Å²) in [7, 11) is 0. The average molecular weight is 252 g/mol. The van der Waals surface area contributed by atoms with Crippen LogP contribution < -0.4 is 0 Å². The van der Waals surface area contributed by atoms with Gasteiger partial charge < -0.3 is 9.84 Å². The highest BCUT2D eigenvalue weighted by Gasteiger charge is 2.02. The number of rotatable bonds is 7. The number of benzene rings is 1. The molecule has 3 nitrogen and oxygen atoms in total. The fourth-order valence-corrected chi connectivity index (χ4v) is 1.41. The smallest absolute Gasteiger partial charge is 0.328 e. The lowest BCUT2D eigenvalue weighted by atomic mass is 10.1. The Balaban J connectivity index is 2.65. The van der Waals surface area contributed by atoms with Crippen LogP contribution >= 0.6 is 0 Å². The van der Waals surface area contributed by atoms with E-state index in [0.717, 1.165) is 24.5 Å². The molecule has 1 aromatic carbocycles. The zero-order valence-corrected chi connectivity index (χ0v) is 10.4. The summed E-state index contributed by atoms with van der Waals surface area (Å²) in [6.07, 6.45) is 4.22. The molecule has 0 bridgehead atoms. The average Bonchev–Trinajstić information content (AvgIpc) is 2.34. The minimum absolute atomic E-state index is 0.258. The summed E-state index contributed by atoms with van der Waals surface area (Å²) in [5, 5.41) is 8.50. The number of carboxylic acid groups (broad SMARTS) is 1. The van der Waals surface area contributed by atoms with E-state index in [4.69, 9.17) is 9.84 Å². The molecule has 0 saturated heterocycles. The maximum Gasteiger partial charge on any atom is 0.328 e. The van der Waals surface area contributed by atoms with Gasteiger partial charge >= 0.3 is 5.97 Å². The van der Waals surface area contributed by atoms with Gasteiger partial charge in [-0.3, -0.25) is 0 Å². The van der Waals surface area contributed by atoms with Crippen molar-refractivity contribution in [3.05, 3.63) is 41.2 Å². The van der Waals surface area contributed by atoms with Crippen LogP contribution in [0.1, 0.15) is 30.9 Å². The Labute approximate surface area is 106 Å². The Hall–Kier alpha value is -1.68. The van der Waals surface area contributed by atoms with Crippen molar-refractivity contribution in [2.45, 2.75) is 26.4 Å². The standard InChI is InChI=1S/C14H17FO3/c1-2-3-8-18-10-11-4-6-13(15)12(9-11)5-7-14(16)17/h4-7,9H,2-3,8,10H2,1H3,(H,16,17). The molecule has 0 fully saturated rings. The molecule has 0 atom stereocenters. The topological polar surface area (TPSA) is 46.5 Å². The number of ether oxygens (including phenoxy) is 1. The summed E-state index contributed by atoms with van der Waals surface area (Å²) in [5.74, 6) is -1.54. The van der Waals surface area contributed by atoms with Crippen molar-refractivity contribution in [3.63, 3.8) is 0 Å². The zero-order valence-electron chi connectivity index (χ0n) is 10.4. The fraction of sp³-hybridized carbons (Fsp3) is 0.357. The number of carbonyl (C=O) groups is 1. The molecule has 1 N–H and O–H groups in total. The minimum Gasteiger partial charge on any atom is -0.478 e. The van der Waals surface area contributed by atoms with Gasteiger partial charge in [0.2, 0.25) is 0 Å². The molecule has 0 amide bonds. The minimum atomic E-state index is -1.10. The van der Waals surface area contributed by atoms with Crippen LogP contribution in [0, 0.1) is 5.82 Å². The third-order valence-electron chi connectivity index (χ3n) is 2.38. The molecule has 98 valence electrons. The van der Waals surface area contributed by atoms with Crippen LogP contribution in [-0.4, -0.2) is 17.7 Å². The lowest BCUT2D eigenvalue weighted by molar-refractivity contribution is -0.131. The van der Waals surface area contributed by atoms with E-state index in [1.54, 1.807) is 12.1 Å². The summed E-state index contributed by atoms with van der Waals surface area (Å²) in [4.78, 5) is 10.4. The van der Waals surface area contributed by atoms with E-state index < -0.39 is 11.8 Å². The van der Waals surface area contributed by atoms with Crippen LogP contribution in [0.3, 0.4) is 0 Å². The predicted octanol–water partition coefficient (Wildman–Crippen LogP) is 3.24. The molecule has 1 aromatic rings. The zero-order chi connectivity index (χ0) is 13.4. The molecule has 0 unspecified atom stereocenters. The maximum absolute atomic E-state index is 13.4. The molecule has 0 saturated carbocycles. The Morgan fingerprint density at radius 2 is 2.28 bits per heavy atom. The molecule has 0 aliphatic heterocycles. The van der Waals surface area contributed by atoms with Gasteiger partial charge in [0.25, 0.3) is 0 Å². The SMILES string of the molecule is CCCCOCc1ccc(F)c(C=CC(=O)O)c1. The molecule has 0 spiro atoms. The first-order chi connectivity index (χ1) is 8.63. The number of hydrogen-bond donors (Lipinski definition) is 1. The Morgan fingerprint density at radius 3 is 2.94 bits per heavy atom. The van der Waals surface area contributed by atoms with Crippen LogP contribution in [0.15, 0.2) is 24.3 Å². The second-order valence-electron chi connectivity index (χ2n) is 3.93. The van der Waals surface area contributed by atoms with Gasteiger partial charge in [-0.15, -0.1) is 0 Å². The van der Waals surface area contributed by atoms with Gasteiger partial charge in [-0.2, -0.15) is 0 Å². The molecule has 0 aliphatic rings.